The molecule has 0 fully saturated rings. The summed E-state index contributed by atoms with van der Waals surface area (Å²) >= 11 is 3.29. The van der Waals surface area contributed by atoms with Gasteiger partial charge in [-0.2, -0.15) is 0 Å². The molecular formula is C15H11BrO4. The van der Waals surface area contributed by atoms with E-state index in [1.54, 1.807) is 31.2 Å². The third kappa shape index (κ3) is 2.58. The molecule has 2 aromatic rings. The van der Waals surface area contributed by atoms with Crippen LogP contribution in [0.3, 0.4) is 0 Å². The Labute approximate surface area is 123 Å². The molecule has 0 unspecified atom stereocenters. The van der Waals surface area contributed by atoms with Gasteiger partial charge in [-0.1, -0.05) is 34.1 Å². The smallest absolute Gasteiger partial charge is 0.336 e. The van der Waals surface area contributed by atoms with E-state index in [0.29, 0.717) is 11.1 Å². The first kappa shape index (κ1) is 14.3. The number of hydrogen-bond donors (Lipinski definition) is 2. The van der Waals surface area contributed by atoms with Crippen LogP contribution in [-0.4, -0.2) is 22.2 Å². The van der Waals surface area contributed by atoms with Crippen molar-refractivity contribution in [1.29, 1.82) is 0 Å². The van der Waals surface area contributed by atoms with Crippen LogP contribution >= 0.6 is 15.9 Å². The summed E-state index contributed by atoms with van der Waals surface area (Å²) in [6.45, 7) is 1.65. The van der Waals surface area contributed by atoms with Gasteiger partial charge in [0.05, 0.1) is 11.1 Å². The Morgan fingerprint density at radius 2 is 1.55 bits per heavy atom. The number of carbonyl (C=O) groups is 2. The first-order valence-electron chi connectivity index (χ1n) is 5.78. The van der Waals surface area contributed by atoms with E-state index < -0.39 is 11.9 Å². The summed E-state index contributed by atoms with van der Waals surface area (Å²) in [5.74, 6) is -2.28. The highest BCUT2D eigenvalue weighted by atomic mass is 79.9. The summed E-state index contributed by atoms with van der Waals surface area (Å²) < 4.78 is 0.836. The van der Waals surface area contributed by atoms with E-state index in [2.05, 4.69) is 15.9 Å². The third-order valence-corrected chi connectivity index (χ3v) is 3.52. The van der Waals surface area contributed by atoms with Crippen LogP contribution in [0.2, 0.25) is 0 Å². The van der Waals surface area contributed by atoms with E-state index in [1.807, 2.05) is 0 Å². The highest BCUT2D eigenvalue weighted by molar-refractivity contribution is 9.10. The summed E-state index contributed by atoms with van der Waals surface area (Å²) in [6, 6.07) is 9.82. The van der Waals surface area contributed by atoms with Crippen molar-refractivity contribution in [2.45, 2.75) is 6.92 Å². The molecule has 4 nitrogen and oxygen atoms in total. The Kier molecular flexibility index (Phi) is 3.90. The van der Waals surface area contributed by atoms with Crippen LogP contribution in [-0.2, 0) is 0 Å². The molecule has 2 aromatic carbocycles. The topological polar surface area (TPSA) is 74.6 Å². The van der Waals surface area contributed by atoms with E-state index in [0.717, 1.165) is 4.47 Å². The Morgan fingerprint density at radius 3 is 2.05 bits per heavy atom. The molecule has 0 aliphatic carbocycles. The second kappa shape index (κ2) is 5.46. The first-order valence-corrected chi connectivity index (χ1v) is 6.57. The monoisotopic (exact) mass is 334 g/mol. The fraction of sp³-hybridized carbons (Fsp3) is 0.0667. The molecule has 0 aliphatic rings. The number of carboxylic acids is 2. The van der Waals surface area contributed by atoms with Gasteiger partial charge in [-0.3, -0.25) is 0 Å². The van der Waals surface area contributed by atoms with Crippen molar-refractivity contribution in [1.82, 2.24) is 0 Å². The number of benzene rings is 2. The molecule has 0 saturated heterocycles. The van der Waals surface area contributed by atoms with E-state index in [4.69, 9.17) is 0 Å². The molecular weight excluding hydrogens is 324 g/mol. The number of hydrogen-bond acceptors (Lipinski definition) is 2. The molecule has 0 bridgehead atoms. The summed E-state index contributed by atoms with van der Waals surface area (Å²) in [7, 11) is 0. The number of aryl methyl sites for hydroxylation is 1. The minimum absolute atomic E-state index is 0.0182. The molecule has 2 N–H and O–H groups in total. The highest BCUT2D eigenvalue weighted by Gasteiger charge is 2.21. The summed E-state index contributed by atoms with van der Waals surface area (Å²) in [6.07, 6.45) is 0. The van der Waals surface area contributed by atoms with Gasteiger partial charge in [0, 0.05) is 10.0 Å². The van der Waals surface area contributed by atoms with Crippen LogP contribution in [0.15, 0.2) is 40.9 Å². The molecule has 0 heterocycles. The second-order valence-corrected chi connectivity index (χ2v) is 5.21. The predicted octanol–water partition coefficient (Wildman–Crippen LogP) is 3.82. The Bertz CT molecular complexity index is 690. The zero-order chi connectivity index (χ0) is 14.9. The molecule has 0 saturated carbocycles. The lowest BCUT2D eigenvalue weighted by Crippen LogP contribution is -2.09. The van der Waals surface area contributed by atoms with Crippen LogP contribution in [0.4, 0.5) is 0 Å². The normalized spacial score (nSPS) is 10.3. The SMILES string of the molecule is Cc1ccc(C(=O)O)c(-c2ccc(Br)cc2)c1C(=O)O. The van der Waals surface area contributed by atoms with Crippen molar-refractivity contribution in [3.8, 4) is 11.1 Å². The van der Waals surface area contributed by atoms with Gasteiger partial charge in [0.2, 0.25) is 0 Å². The van der Waals surface area contributed by atoms with Crippen molar-refractivity contribution < 1.29 is 19.8 Å². The molecule has 2 rings (SSSR count). The Hall–Kier alpha value is -2.14. The fourth-order valence-corrected chi connectivity index (χ4v) is 2.34. The molecule has 102 valence electrons. The maximum Gasteiger partial charge on any atom is 0.336 e. The van der Waals surface area contributed by atoms with Gasteiger partial charge in [-0.05, 0) is 36.2 Å². The molecule has 0 amide bonds. The Morgan fingerprint density at radius 1 is 0.950 bits per heavy atom. The lowest BCUT2D eigenvalue weighted by atomic mass is 9.91. The quantitative estimate of drug-likeness (QED) is 0.894. The van der Waals surface area contributed by atoms with Gasteiger partial charge >= 0.3 is 11.9 Å². The maximum atomic E-state index is 11.5. The lowest BCUT2D eigenvalue weighted by Gasteiger charge is -2.13. The van der Waals surface area contributed by atoms with Crippen molar-refractivity contribution in [2.75, 3.05) is 0 Å². The van der Waals surface area contributed by atoms with E-state index >= 15 is 0 Å². The van der Waals surface area contributed by atoms with Crippen LogP contribution in [0.25, 0.3) is 11.1 Å². The zero-order valence-corrected chi connectivity index (χ0v) is 12.1. The summed E-state index contributed by atoms with van der Waals surface area (Å²) in [5.41, 5.74) is 1.33. The zero-order valence-electron chi connectivity index (χ0n) is 10.6. The van der Waals surface area contributed by atoms with Gasteiger partial charge in [-0.25, -0.2) is 9.59 Å². The van der Waals surface area contributed by atoms with E-state index in [9.17, 15) is 19.8 Å². The van der Waals surface area contributed by atoms with Gasteiger partial charge in [0.25, 0.3) is 0 Å². The van der Waals surface area contributed by atoms with Crippen LogP contribution < -0.4 is 0 Å². The number of aromatic carboxylic acids is 2. The highest BCUT2D eigenvalue weighted by Crippen LogP contribution is 2.31. The fourth-order valence-electron chi connectivity index (χ4n) is 2.08. The van der Waals surface area contributed by atoms with Crippen molar-refractivity contribution in [2.24, 2.45) is 0 Å². The average molecular weight is 335 g/mol. The van der Waals surface area contributed by atoms with E-state index in [1.165, 1.54) is 12.1 Å². The third-order valence-electron chi connectivity index (χ3n) is 2.99. The second-order valence-electron chi connectivity index (χ2n) is 4.30. The van der Waals surface area contributed by atoms with Crippen molar-refractivity contribution in [3.05, 3.63) is 57.6 Å². The minimum Gasteiger partial charge on any atom is -0.478 e. The molecule has 0 aliphatic heterocycles. The average Bonchev–Trinajstić information content (AvgIpc) is 2.38. The lowest BCUT2D eigenvalue weighted by molar-refractivity contribution is 0.0695. The summed E-state index contributed by atoms with van der Waals surface area (Å²) in [4.78, 5) is 22.8. The maximum absolute atomic E-state index is 11.5. The largest absolute Gasteiger partial charge is 0.478 e. The molecule has 0 aromatic heterocycles. The molecule has 20 heavy (non-hydrogen) atoms. The first-order chi connectivity index (χ1) is 9.41. The standard InChI is InChI=1S/C15H11BrO4/c1-8-2-7-11(14(17)18)13(12(8)15(19)20)9-3-5-10(16)6-4-9/h2-7H,1H3,(H,17,18)(H,19,20). The van der Waals surface area contributed by atoms with Gasteiger partial charge < -0.3 is 10.2 Å². The van der Waals surface area contributed by atoms with Crippen LogP contribution in [0.1, 0.15) is 26.3 Å². The van der Waals surface area contributed by atoms with Gasteiger partial charge in [0.15, 0.2) is 0 Å². The van der Waals surface area contributed by atoms with Crippen molar-refractivity contribution in [3.63, 3.8) is 0 Å². The molecule has 0 radical (unpaired) electrons. The minimum atomic E-state index is -1.15. The van der Waals surface area contributed by atoms with Gasteiger partial charge in [0.1, 0.15) is 0 Å². The number of carboxylic acid groups (broad SMARTS) is 2. The summed E-state index contributed by atoms with van der Waals surface area (Å²) in [5, 5.41) is 18.6. The number of rotatable bonds is 3. The van der Waals surface area contributed by atoms with Crippen molar-refractivity contribution >= 4 is 27.9 Å². The number of halogens is 1. The Balaban J connectivity index is 2.83. The predicted molar refractivity (Wildman–Crippen MR) is 78.2 cm³/mol. The molecule has 5 heteroatoms. The van der Waals surface area contributed by atoms with Crippen LogP contribution in [0, 0.1) is 6.92 Å². The van der Waals surface area contributed by atoms with E-state index in [-0.39, 0.29) is 16.7 Å². The van der Waals surface area contributed by atoms with Crippen LogP contribution in [0.5, 0.6) is 0 Å². The molecule has 0 spiro atoms. The molecule has 0 atom stereocenters. The van der Waals surface area contributed by atoms with Gasteiger partial charge in [-0.15, -0.1) is 0 Å².